The van der Waals surface area contributed by atoms with Crippen LogP contribution >= 0.6 is 0 Å². The molecule has 0 amide bonds. The van der Waals surface area contributed by atoms with Gasteiger partial charge in [-0.2, -0.15) is 13.2 Å². The van der Waals surface area contributed by atoms with Crippen LogP contribution in [0.1, 0.15) is 12.0 Å². The number of alkyl halides is 3. The van der Waals surface area contributed by atoms with Crippen molar-refractivity contribution < 1.29 is 18.1 Å². The normalized spacial score (nSPS) is 11.3. The van der Waals surface area contributed by atoms with Crippen molar-refractivity contribution in [3.8, 4) is 0 Å². The molecule has 0 aliphatic heterocycles. The highest BCUT2D eigenvalue weighted by molar-refractivity contribution is 5.54. The van der Waals surface area contributed by atoms with Gasteiger partial charge in [0, 0.05) is 23.9 Å². The Morgan fingerprint density at radius 1 is 1.41 bits per heavy atom. The molecule has 1 N–H and O–H groups in total. The predicted octanol–water partition coefficient (Wildman–Crippen LogP) is 3.27. The number of rotatable bonds is 4. The molecule has 0 bridgehead atoms. The Bertz CT molecular complexity index is 419. The molecule has 1 aromatic rings. The molecular weight excluding hydrogens is 237 g/mol. The van der Waals surface area contributed by atoms with Crippen molar-refractivity contribution in [2.24, 2.45) is 0 Å². The summed E-state index contributed by atoms with van der Waals surface area (Å²) in [4.78, 5) is 10.0. The Labute approximate surface area is 95.6 Å². The minimum atomic E-state index is -4.23. The van der Waals surface area contributed by atoms with E-state index in [1.807, 2.05) is 0 Å². The number of nitrogens with zero attached hydrogens (tertiary/aromatic N) is 1. The standard InChI is InChI=1S/C10H11F3N2O2/c1-7-2-3-8(6-9(7)15(16)17)14-5-4-10(11,12)13/h2-3,6,14H,4-5H2,1H3. The maximum Gasteiger partial charge on any atom is 0.390 e. The van der Waals surface area contributed by atoms with Gasteiger partial charge in [0.05, 0.1) is 11.3 Å². The molecule has 94 valence electrons. The van der Waals surface area contributed by atoms with E-state index in [0.29, 0.717) is 11.3 Å². The zero-order valence-corrected chi connectivity index (χ0v) is 9.04. The fourth-order valence-corrected chi connectivity index (χ4v) is 1.26. The van der Waals surface area contributed by atoms with Crippen LogP contribution in [0.15, 0.2) is 18.2 Å². The minimum absolute atomic E-state index is 0.109. The summed E-state index contributed by atoms with van der Waals surface area (Å²) in [5.74, 6) is 0. The Morgan fingerprint density at radius 2 is 2.06 bits per heavy atom. The van der Waals surface area contributed by atoms with Crippen LogP contribution in [0.25, 0.3) is 0 Å². The van der Waals surface area contributed by atoms with Crippen molar-refractivity contribution >= 4 is 11.4 Å². The van der Waals surface area contributed by atoms with Gasteiger partial charge in [0.2, 0.25) is 0 Å². The van der Waals surface area contributed by atoms with Gasteiger partial charge < -0.3 is 5.32 Å². The highest BCUT2D eigenvalue weighted by Gasteiger charge is 2.26. The van der Waals surface area contributed by atoms with Crippen LogP contribution < -0.4 is 5.32 Å². The molecule has 0 atom stereocenters. The number of nitro benzene ring substituents is 1. The third-order valence-electron chi connectivity index (χ3n) is 2.14. The lowest BCUT2D eigenvalue weighted by Gasteiger charge is -2.09. The fraction of sp³-hybridized carbons (Fsp3) is 0.400. The zero-order valence-electron chi connectivity index (χ0n) is 9.04. The van der Waals surface area contributed by atoms with Crippen LogP contribution in [-0.2, 0) is 0 Å². The third-order valence-corrected chi connectivity index (χ3v) is 2.14. The summed E-state index contributed by atoms with van der Waals surface area (Å²) in [7, 11) is 0. The number of aryl methyl sites for hydroxylation is 1. The number of hydrogen-bond acceptors (Lipinski definition) is 3. The van der Waals surface area contributed by atoms with E-state index >= 15 is 0 Å². The molecule has 0 unspecified atom stereocenters. The highest BCUT2D eigenvalue weighted by Crippen LogP contribution is 2.23. The van der Waals surface area contributed by atoms with Gasteiger partial charge in [0.15, 0.2) is 0 Å². The van der Waals surface area contributed by atoms with E-state index in [-0.39, 0.29) is 12.2 Å². The first-order valence-corrected chi connectivity index (χ1v) is 4.85. The lowest BCUT2D eigenvalue weighted by molar-refractivity contribution is -0.385. The monoisotopic (exact) mass is 248 g/mol. The summed E-state index contributed by atoms with van der Waals surface area (Å²) in [6.45, 7) is 1.27. The molecule has 17 heavy (non-hydrogen) atoms. The summed E-state index contributed by atoms with van der Waals surface area (Å²) in [6.07, 6.45) is -5.21. The smallest absolute Gasteiger partial charge is 0.385 e. The minimum Gasteiger partial charge on any atom is -0.385 e. The van der Waals surface area contributed by atoms with E-state index in [4.69, 9.17) is 0 Å². The molecule has 4 nitrogen and oxygen atoms in total. The SMILES string of the molecule is Cc1ccc(NCCC(F)(F)F)cc1[N+](=O)[O-]. The summed E-state index contributed by atoms with van der Waals surface area (Å²) >= 11 is 0. The van der Waals surface area contributed by atoms with Crippen LogP contribution in [0.4, 0.5) is 24.5 Å². The molecular formula is C10H11F3N2O2. The maximum atomic E-state index is 11.9. The Hall–Kier alpha value is -1.79. The average Bonchev–Trinajstić information content (AvgIpc) is 2.18. The Morgan fingerprint density at radius 3 is 2.59 bits per heavy atom. The van der Waals surface area contributed by atoms with Crippen molar-refractivity contribution in [3.63, 3.8) is 0 Å². The number of nitro groups is 1. The zero-order chi connectivity index (χ0) is 13.1. The highest BCUT2D eigenvalue weighted by atomic mass is 19.4. The van der Waals surface area contributed by atoms with Gasteiger partial charge in [0.25, 0.3) is 5.69 Å². The molecule has 0 aliphatic carbocycles. The summed E-state index contributed by atoms with van der Waals surface area (Å²) in [5, 5.41) is 13.1. The molecule has 1 rings (SSSR count). The molecule has 0 aliphatic rings. The molecule has 0 fully saturated rings. The molecule has 7 heteroatoms. The summed E-state index contributed by atoms with van der Waals surface area (Å²) in [6, 6.07) is 4.23. The van der Waals surface area contributed by atoms with Crippen LogP contribution in [0, 0.1) is 17.0 Å². The van der Waals surface area contributed by atoms with E-state index in [1.54, 1.807) is 6.92 Å². The van der Waals surface area contributed by atoms with Gasteiger partial charge in [0.1, 0.15) is 0 Å². The van der Waals surface area contributed by atoms with Gasteiger partial charge in [-0.3, -0.25) is 10.1 Å². The van der Waals surface area contributed by atoms with Gasteiger partial charge in [-0.15, -0.1) is 0 Å². The van der Waals surface area contributed by atoms with E-state index in [0.717, 1.165) is 0 Å². The van der Waals surface area contributed by atoms with Crippen LogP contribution in [0.3, 0.4) is 0 Å². The van der Waals surface area contributed by atoms with E-state index in [2.05, 4.69) is 5.32 Å². The average molecular weight is 248 g/mol. The predicted molar refractivity (Wildman–Crippen MR) is 57.0 cm³/mol. The number of hydrogen-bond donors (Lipinski definition) is 1. The van der Waals surface area contributed by atoms with Crippen LogP contribution in [0.2, 0.25) is 0 Å². The largest absolute Gasteiger partial charge is 0.390 e. The molecule has 0 heterocycles. The van der Waals surface area contributed by atoms with Gasteiger partial charge >= 0.3 is 6.18 Å². The van der Waals surface area contributed by atoms with Crippen molar-refractivity contribution in [1.29, 1.82) is 0 Å². The topological polar surface area (TPSA) is 55.2 Å². The second-order valence-electron chi connectivity index (χ2n) is 3.55. The Balaban J connectivity index is 2.67. The molecule has 1 aromatic carbocycles. The second kappa shape index (κ2) is 5.03. The quantitative estimate of drug-likeness (QED) is 0.657. The molecule has 0 radical (unpaired) electrons. The van der Waals surface area contributed by atoms with Gasteiger partial charge in [-0.1, -0.05) is 6.07 Å². The van der Waals surface area contributed by atoms with E-state index < -0.39 is 17.5 Å². The lowest BCUT2D eigenvalue weighted by Crippen LogP contribution is -2.14. The lowest BCUT2D eigenvalue weighted by atomic mass is 10.2. The van der Waals surface area contributed by atoms with E-state index in [1.165, 1.54) is 18.2 Å². The Kier molecular flexibility index (Phi) is 3.93. The van der Waals surface area contributed by atoms with Crippen molar-refractivity contribution in [2.75, 3.05) is 11.9 Å². The molecule has 0 saturated heterocycles. The summed E-state index contributed by atoms with van der Waals surface area (Å²) < 4.78 is 35.6. The fourth-order valence-electron chi connectivity index (χ4n) is 1.26. The van der Waals surface area contributed by atoms with Crippen LogP contribution in [0.5, 0.6) is 0 Å². The van der Waals surface area contributed by atoms with Crippen molar-refractivity contribution in [1.82, 2.24) is 0 Å². The number of nitrogens with one attached hydrogen (secondary N) is 1. The first kappa shape index (κ1) is 13.3. The first-order valence-electron chi connectivity index (χ1n) is 4.85. The first-order chi connectivity index (χ1) is 7.79. The molecule has 0 spiro atoms. The van der Waals surface area contributed by atoms with Gasteiger partial charge in [-0.05, 0) is 13.0 Å². The second-order valence-corrected chi connectivity index (χ2v) is 3.55. The van der Waals surface area contributed by atoms with Crippen molar-refractivity contribution in [2.45, 2.75) is 19.5 Å². The maximum absolute atomic E-state index is 11.9. The van der Waals surface area contributed by atoms with Gasteiger partial charge in [-0.25, -0.2) is 0 Å². The molecule has 0 saturated carbocycles. The summed E-state index contributed by atoms with van der Waals surface area (Å²) in [5.41, 5.74) is 0.671. The number of halogens is 3. The number of benzene rings is 1. The number of anilines is 1. The van der Waals surface area contributed by atoms with Crippen molar-refractivity contribution in [3.05, 3.63) is 33.9 Å². The molecule has 0 aromatic heterocycles. The van der Waals surface area contributed by atoms with E-state index in [9.17, 15) is 23.3 Å². The third kappa shape index (κ3) is 4.29. The van der Waals surface area contributed by atoms with Crippen LogP contribution in [-0.4, -0.2) is 17.6 Å².